The summed E-state index contributed by atoms with van der Waals surface area (Å²) in [5, 5.41) is 0. The first kappa shape index (κ1) is 18.9. The van der Waals surface area contributed by atoms with Crippen molar-refractivity contribution in [3.05, 3.63) is 66.5 Å². The number of fused-ring (bicyclic) bond motifs is 1. The van der Waals surface area contributed by atoms with Crippen molar-refractivity contribution in [1.29, 1.82) is 0 Å². The van der Waals surface area contributed by atoms with Crippen molar-refractivity contribution in [2.45, 2.75) is 26.7 Å². The number of nitrogens with zero attached hydrogens (tertiary/aromatic N) is 6. The fraction of sp³-hybridized carbons (Fsp3) is 0.227. The molecule has 0 atom stereocenters. The average Bonchev–Trinajstić information content (AvgIpc) is 2.76. The van der Waals surface area contributed by atoms with Gasteiger partial charge in [-0.2, -0.15) is 0 Å². The Kier molecular flexibility index (Phi) is 5.37. The molecule has 4 rings (SSSR count). The van der Waals surface area contributed by atoms with Gasteiger partial charge < -0.3 is 4.90 Å². The molecule has 0 spiro atoms. The van der Waals surface area contributed by atoms with Crippen molar-refractivity contribution in [3.63, 3.8) is 0 Å². The van der Waals surface area contributed by atoms with Gasteiger partial charge in [0.25, 0.3) is 0 Å². The zero-order chi connectivity index (χ0) is 20.2. The molecule has 0 fully saturated rings. The van der Waals surface area contributed by atoms with Crippen LogP contribution in [0.4, 0.5) is 15.9 Å². The predicted molar refractivity (Wildman–Crippen MR) is 111 cm³/mol. The van der Waals surface area contributed by atoms with E-state index in [1.165, 1.54) is 6.07 Å². The SMILES string of the molecule is CCCCN(c1ccncc1)c1nc(-c2cc(C)ccc2F)nc2nccnc12. The molecule has 0 aliphatic rings. The van der Waals surface area contributed by atoms with Crippen molar-refractivity contribution in [3.8, 4) is 11.4 Å². The molecule has 0 amide bonds. The summed E-state index contributed by atoms with van der Waals surface area (Å²) in [6.45, 7) is 4.78. The number of hydrogen-bond donors (Lipinski definition) is 0. The van der Waals surface area contributed by atoms with E-state index in [-0.39, 0.29) is 5.82 Å². The molecule has 7 heteroatoms. The molecule has 29 heavy (non-hydrogen) atoms. The first-order valence-electron chi connectivity index (χ1n) is 9.60. The summed E-state index contributed by atoms with van der Waals surface area (Å²) in [5.41, 5.74) is 3.24. The first-order chi connectivity index (χ1) is 14.2. The van der Waals surface area contributed by atoms with Crippen molar-refractivity contribution in [2.24, 2.45) is 0 Å². The van der Waals surface area contributed by atoms with Gasteiger partial charge in [-0.3, -0.25) is 4.98 Å². The standard InChI is InChI=1S/C22H21FN6/c1-3-4-13-29(16-7-9-24-10-8-16)22-19-21(26-12-11-25-19)27-20(28-22)17-14-15(2)5-6-18(17)23/h5-12,14H,3-4,13H2,1-2H3. The highest BCUT2D eigenvalue weighted by molar-refractivity contribution is 5.87. The van der Waals surface area contributed by atoms with Crippen molar-refractivity contribution < 1.29 is 4.39 Å². The summed E-state index contributed by atoms with van der Waals surface area (Å²) in [4.78, 5) is 24.3. The molecule has 3 aromatic heterocycles. The molecule has 1 aromatic carbocycles. The van der Waals surface area contributed by atoms with Crippen LogP contribution in [-0.2, 0) is 0 Å². The van der Waals surface area contributed by atoms with E-state index in [1.807, 2.05) is 19.1 Å². The van der Waals surface area contributed by atoms with Crippen LogP contribution in [0.5, 0.6) is 0 Å². The summed E-state index contributed by atoms with van der Waals surface area (Å²) in [6, 6.07) is 8.76. The van der Waals surface area contributed by atoms with E-state index in [4.69, 9.17) is 4.98 Å². The molecule has 0 saturated carbocycles. The third-order valence-electron chi connectivity index (χ3n) is 4.64. The van der Waals surface area contributed by atoms with E-state index in [0.717, 1.165) is 30.6 Å². The molecule has 0 saturated heterocycles. The zero-order valence-electron chi connectivity index (χ0n) is 16.4. The summed E-state index contributed by atoms with van der Waals surface area (Å²) < 4.78 is 14.6. The second-order valence-electron chi connectivity index (χ2n) is 6.79. The topological polar surface area (TPSA) is 67.7 Å². The molecular weight excluding hydrogens is 367 g/mol. The quantitative estimate of drug-likeness (QED) is 0.469. The van der Waals surface area contributed by atoms with Crippen LogP contribution in [0.3, 0.4) is 0 Å². The smallest absolute Gasteiger partial charge is 0.184 e. The third kappa shape index (κ3) is 3.89. The maximum atomic E-state index is 14.6. The number of anilines is 2. The number of halogens is 1. The lowest BCUT2D eigenvalue weighted by molar-refractivity contribution is 0.629. The molecule has 0 radical (unpaired) electrons. The highest BCUT2D eigenvalue weighted by atomic mass is 19.1. The third-order valence-corrected chi connectivity index (χ3v) is 4.64. The van der Waals surface area contributed by atoms with Gasteiger partial charge in [-0.05, 0) is 37.6 Å². The molecule has 0 aliphatic carbocycles. The molecule has 0 unspecified atom stereocenters. The summed E-state index contributed by atoms with van der Waals surface area (Å²) in [7, 11) is 0. The number of pyridine rings is 1. The minimum atomic E-state index is -0.367. The van der Waals surface area contributed by atoms with Crippen LogP contribution in [0.2, 0.25) is 0 Å². The number of hydrogen-bond acceptors (Lipinski definition) is 6. The van der Waals surface area contributed by atoms with Crippen molar-refractivity contribution in [2.75, 3.05) is 11.4 Å². The van der Waals surface area contributed by atoms with Crippen molar-refractivity contribution >= 4 is 22.7 Å². The molecule has 146 valence electrons. The number of aryl methyl sites for hydroxylation is 1. The maximum Gasteiger partial charge on any atom is 0.184 e. The van der Waals surface area contributed by atoms with Gasteiger partial charge in [0.05, 0.1) is 5.56 Å². The molecule has 4 aromatic rings. The van der Waals surface area contributed by atoms with Crippen LogP contribution in [-0.4, -0.2) is 31.5 Å². The molecule has 0 bridgehead atoms. The molecule has 0 N–H and O–H groups in total. The molecular formula is C22H21FN6. The summed E-state index contributed by atoms with van der Waals surface area (Å²) in [6.07, 6.45) is 8.66. The monoisotopic (exact) mass is 388 g/mol. The highest BCUT2D eigenvalue weighted by Gasteiger charge is 2.20. The minimum absolute atomic E-state index is 0.296. The predicted octanol–water partition coefficient (Wildman–Crippen LogP) is 4.87. The Morgan fingerprint density at radius 2 is 1.76 bits per heavy atom. The molecule has 6 nitrogen and oxygen atoms in total. The largest absolute Gasteiger partial charge is 0.324 e. The average molecular weight is 388 g/mol. The fourth-order valence-electron chi connectivity index (χ4n) is 3.17. The van der Waals surface area contributed by atoms with Gasteiger partial charge >= 0.3 is 0 Å². The zero-order valence-corrected chi connectivity index (χ0v) is 16.4. The number of rotatable bonds is 6. The van der Waals surface area contributed by atoms with Crippen LogP contribution >= 0.6 is 0 Å². The molecule has 0 aliphatic heterocycles. The van der Waals surface area contributed by atoms with E-state index >= 15 is 0 Å². The van der Waals surface area contributed by atoms with Gasteiger partial charge in [0.1, 0.15) is 5.82 Å². The fourth-order valence-corrected chi connectivity index (χ4v) is 3.17. The van der Waals surface area contributed by atoms with E-state index in [0.29, 0.717) is 28.4 Å². The lowest BCUT2D eigenvalue weighted by Crippen LogP contribution is -2.21. The Morgan fingerprint density at radius 3 is 2.55 bits per heavy atom. The Hall–Kier alpha value is -3.48. The number of benzene rings is 1. The van der Waals surface area contributed by atoms with Crippen LogP contribution in [0.15, 0.2) is 55.1 Å². The van der Waals surface area contributed by atoms with Gasteiger partial charge in [0.2, 0.25) is 0 Å². The Bertz CT molecular complexity index is 1130. The van der Waals surface area contributed by atoms with Crippen LogP contribution in [0.25, 0.3) is 22.6 Å². The number of unbranched alkanes of at least 4 members (excludes halogenated alkanes) is 1. The Labute approximate surface area is 168 Å². The highest BCUT2D eigenvalue weighted by Crippen LogP contribution is 2.31. The second-order valence-corrected chi connectivity index (χ2v) is 6.79. The lowest BCUT2D eigenvalue weighted by atomic mass is 10.1. The van der Waals surface area contributed by atoms with Crippen molar-refractivity contribution in [1.82, 2.24) is 24.9 Å². The summed E-state index contributed by atoms with van der Waals surface area (Å²) >= 11 is 0. The Balaban J connectivity index is 1.95. The lowest BCUT2D eigenvalue weighted by Gasteiger charge is -2.24. The van der Waals surface area contributed by atoms with Gasteiger partial charge in [0, 0.05) is 37.0 Å². The first-order valence-corrected chi connectivity index (χ1v) is 9.60. The van der Waals surface area contributed by atoms with Gasteiger partial charge in [0.15, 0.2) is 22.8 Å². The summed E-state index contributed by atoms with van der Waals surface area (Å²) in [5.74, 6) is 0.539. The maximum absolute atomic E-state index is 14.6. The van der Waals surface area contributed by atoms with Gasteiger partial charge in [-0.15, -0.1) is 0 Å². The van der Waals surface area contributed by atoms with E-state index < -0.39 is 0 Å². The second kappa shape index (κ2) is 8.26. The number of aromatic nitrogens is 5. The van der Waals surface area contributed by atoms with E-state index in [9.17, 15) is 4.39 Å². The van der Waals surface area contributed by atoms with Crippen LogP contribution < -0.4 is 4.90 Å². The normalized spacial score (nSPS) is 11.0. The minimum Gasteiger partial charge on any atom is -0.324 e. The molecule has 3 heterocycles. The van der Waals surface area contributed by atoms with Gasteiger partial charge in [-0.25, -0.2) is 24.3 Å². The van der Waals surface area contributed by atoms with Crippen LogP contribution in [0, 0.1) is 12.7 Å². The Morgan fingerprint density at radius 1 is 0.966 bits per heavy atom. The van der Waals surface area contributed by atoms with Gasteiger partial charge in [-0.1, -0.05) is 25.0 Å². The van der Waals surface area contributed by atoms with Crippen LogP contribution in [0.1, 0.15) is 25.3 Å². The van der Waals surface area contributed by atoms with E-state index in [2.05, 4.69) is 31.8 Å². The van der Waals surface area contributed by atoms with E-state index in [1.54, 1.807) is 36.9 Å².